The minimum absolute atomic E-state index is 0.0555. The first kappa shape index (κ1) is 39.4. The molecule has 4 aliphatic rings. The summed E-state index contributed by atoms with van der Waals surface area (Å²) in [4.78, 5) is 63.8. The van der Waals surface area contributed by atoms with Gasteiger partial charge in [-0.05, 0) is 84.7 Å². The standard InChI is InChI=1S/C40H32BCl2F3N4O8/c1-2-58-31-14-19(6-13-30(31)51)33-25-11-12-26-32(37(54)49(35(26)52)24-5-3-4-22(16-24)41(56)57)27(25)17-28-36(53)50(38(55)39(28,33)20-7-9-23(42)10-8-20)48-34-29(43)15-21(18-47-34)40(44,45)46/h3-11,13-16,18,26-28,32-33,51,56-57H,2,12,17H2,1H3,(H,47,48). The molecule has 3 aromatic carbocycles. The molecule has 8 rings (SSSR count). The van der Waals surface area contributed by atoms with E-state index in [1.54, 1.807) is 43.3 Å². The fourth-order valence-electron chi connectivity index (χ4n) is 9.22. The van der Waals surface area contributed by atoms with Crippen molar-refractivity contribution >= 4 is 70.9 Å². The van der Waals surface area contributed by atoms with Crippen molar-refractivity contribution in [1.29, 1.82) is 0 Å². The van der Waals surface area contributed by atoms with Crippen molar-refractivity contribution in [2.24, 2.45) is 23.7 Å². The average Bonchev–Trinajstić information content (AvgIpc) is 3.57. The summed E-state index contributed by atoms with van der Waals surface area (Å²) in [6.45, 7) is 1.88. The number of nitrogens with one attached hydrogen (secondary N) is 1. The number of anilines is 2. The van der Waals surface area contributed by atoms with Crippen LogP contribution in [0, 0.1) is 23.7 Å². The second-order valence-electron chi connectivity index (χ2n) is 14.6. The number of ether oxygens (including phenoxy) is 1. The van der Waals surface area contributed by atoms with Crippen LogP contribution < -0.4 is 20.5 Å². The van der Waals surface area contributed by atoms with Crippen molar-refractivity contribution < 1.29 is 52.2 Å². The third-order valence-corrected chi connectivity index (χ3v) is 12.1. The lowest BCUT2D eigenvalue weighted by Crippen LogP contribution is -2.53. The maximum atomic E-state index is 15.4. The van der Waals surface area contributed by atoms with Crippen LogP contribution in [0.15, 0.2) is 90.6 Å². The number of hydrogen-bond donors (Lipinski definition) is 4. The summed E-state index contributed by atoms with van der Waals surface area (Å²) in [5, 5.41) is 30.9. The van der Waals surface area contributed by atoms with Crippen LogP contribution in [0.3, 0.4) is 0 Å². The maximum absolute atomic E-state index is 15.4. The Labute approximate surface area is 338 Å². The number of nitrogens with zero attached hydrogens (tertiary/aromatic N) is 3. The highest BCUT2D eigenvalue weighted by Gasteiger charge is 2.70. The molecule has 1 aromatic heterocycles. The number of aromatic nitrogens is 1. The van der Waals surface area contributed by atoms with Gasteiger partial charge in [0.15, 0.2) is 17.3 Å². The van der Waals surface area contributed by atoms with E-state index in [1.165, 1.54) is 30.3 Å². The lowest BCUT2D eigenvalue weighted by molar-refractivity contribution is -0.139. The van der Waals surface area contributed by atoms with Crippen LogP contribution in [0.4, 0.5) is 24.7 Å². The van der Waals surface area contributed by atoms with Crippen molar-refractivity contribution in [2.75, 3.05) is 16.9 Å². The molecule has 298 valence electrons. The highest BCUT2D eigenvalue weighted by atomic mass is 35.5. The Morgan fingerprint density at radius 3 is 2.38 bits per heavy atom. The average molecular weight is 835 g/mol. The molecule has 3 heterocycles. The number of pyridine rings is 1. The van der Waals surface area contributed by atoms with Crippen LogP contribution in [0.1, 0.15) is 42.4 Å². The number of carbonyl (C=O) groups is 4. The van der Waals surface area contributed by atoms with Crippen molar-refractivity contribution in [1.82, 2.24) is 9.99 Å². The molecule has 1 saturated carbocycles. The van der Waals surface area contributed by atoms with Gasteiger partial charge in [0, 0.05) is 17.1 Å². The second kappa shape index (κ2) is 14.4. The Morgan fingerprint density at radius 1 is 0.966 bits per heavy atom. The topological polar surface area (TPSA) is 170 Å². The Balaban J connectivity index is 1.31. The number of alkyl halides is 3. The molecule has 12 nitrogen and oxygen atoms in total. The van der Waals surface area contributed by atoms with Crippen LogP contribution in [-0.4, -0.2) is 62.5 Å². The van der Waals surface area contributed by atoms with Crippen LogP contribution >= 0.6 is 23.2 Å². The van der Waals surface area contributed by atoms with E-state index in [4.69, 9.17) is 27.9 Å². The van der Waals surface area contributed by atoms with Gasteiger partial charge in [0.1, 0.15) is 0 Å². The largest absolute Gasteiger partial charge is 0.504 e. The number of phenols is 1. The molecule has 0 bridgehead atoms. The van der Waals surface area contributed by atoms with Gasteiger partial charge >= 0.3 is 13.3 Å². The number of benzene rings is 3. The van der Waals surface area contributed by atoms with Gasteiger partial charge in [-0.2, -0.15) is 18.2 Å². The fourth-order valence-corrected chi connectivity index (χ4v) is 9.55. The third kappa shape index (κ3) is 6.12. The lowest BCUT2D eigenvalue weighted by atomic mass is 9.49. The Morgan fingerprint density at radius 2 is 1.71 bits per heavy atom. The molecule has 0 spiro atoms. The number of phenolic OH excluding ortho intramolecular Hbond substituents is 1. The first-order chi connectivity index (χ1) is 27.6. The predicted molar refractivity (Wildman–Crippen MR) is 205 cm³/mol. The van der Waals surface area contributed by atoms with E-state index >= 15 is 4.79 Å². The van der Waals surface area contributed by atoms with Gasteiger partial charge < -0.3 is 19.9 Å². The number of allylic oxidation sites excluding steroid dienone is 2. The molecule has 4 aromatic rings. The second-order valence-corrected chi connectivity index (χ2v) is 15.4. The molecule has 0 radical (unpaired) electrons. The zero-order valence-corrected chi connectivity index (χ0v) is 31.8. The van der Waals surface area contributed by atoms with E-state index in [9.17, 15) is 42.7 Å². The zero-order chi connectivity index (χ0) is 41.4. The molecule has 6 atom stereocenters. The Bertz CT molecular complexity index is 2420. The van der Waals surface area contributed by atoms with Crippen LogP contribution in [0.5, 0.6) is 11.5 Å². The first-order valence-electron chi connectivity index (χ1n) is 18.2. The first-order valence-corrected chi connectivity index (χ1v) is 19.0. The number of fused-ring (bicyclic) bond motifs is 4. The molecule has 3 fully saturated rings. The van der Waals surface area contributed by atoms with E-state index in [-0.39, 0.29) is 42.1 Å². The molecule has 4 N–H and O–H groups in total. The molecule has 2 saturated heterocycles. The van der Waals surface area contributed by atoms with Crippen molar-refractivity contribution in [3.8, 4) is 11.5 Å². The van der Waals surface area contributed by atoms with E-state index in [0.29, 0.717) is 39.0 Å². The summed E-state index contributed by atoms with van der Waals surface area (Å²) in [7, 11) is -1.87. The number of hydrogen-bond acceptors (Lipinski definition) is 10. The van der Waals surface area contributed by atoms with Gasteiger partial charge in [0.2, 0.25) is 11.8 Å². The highest BCUT2D eigenvalue weighted by Crippen LogP contribution is 2.64. The molecule has 18 heteroatoms. The summed E-state index contributed by atoms with van der Waals surface area (Å²) >= 11 is 12.6. The van der Waals surface area contributed by atoms with E-state index in [1.807, 2.05) is 6.08 Å². The molecular weight excluding hydrogens is 803 g/mol. The number of carbonyl (C=O) groups excluding carboxylic acids is 4. The zero-order valence-electron chi connectivity index (χ0n) is 30.3. The summed E-state index contributed by atoms with van der Waals surface area (Å²) in [5.74, 6) is -8.25. The monoisotopic (exact) mass is 834 g/mol. The lowest BCUT2D eigenvalue weighted by Gasteiger charge is -2.50. The minimum atomic E-state index is -4.78. The number of halogens is 5. The number of hydrazine groups is 1. The SMILES string of the molecule is CCOc1cc(C2C3=CCC4C(=O)N(c5cccc(B(O)O)c5)C(=O)C4C3CC3C(=O)N(Nc4ncc(C(F)(F)F)cc4Cl)C(=O)C32c2ccc(Cl)cc2)ccc1O. The minimum Gasteiger partial charge on any atom is -0.504 e. The van der Waals surface area contributed by atoms with E-state index in [0.717, 1.165) is 4.90 Å². The molecule has 4 amide bonds. The van der Waals surface area contributed by atoms with Crippen LogP contribution in [0.25, 0.3) is 0 Å². The van der Waals surface area contributed by atoms with Crippen molar-refractivity contribution in [3.05, 3.63) is 117 Å². The van der Waals surface area contributed by atoms with Crippen molar-refractivity contribution in [3.63, 3.8) is 0 Å². The van der Waals surface area contributed by atoms with Gasteiger partial charge in [-0.15, -0.1) is 0 Å². The van der Waals surface area contributed by atoms with Gasteiger partial charge in [0.25, 0.3) is 11.8 Å². The third-order valence-electron chi connectivity index (χ3n) is 11.6. The van der Waals surface area contributed by atoms with Crippen LogP contribution in [-0.2, 0) is 30.8 Å². The molecule has 2 aliphatic heterocycles. The van der Waals surface area contributed by atoms with Crippen molar-refractivity contribution in [2.45, 2.75) is 37.3 Å². The fraction of sp³-hybridized carbons (Fsp3) is 0.275. The Kier molecular flexibility index (Phi) is 9.82. The molecule has 2 aliphatic carbocycles. The maximum Gasteiger partial charge on any atom is 0.488 e. The summed E-state index contributed by atoms with van der Waals surface area (Å²) in [6, 6.07) is 17.2. The van der Waals surface area contributed by atoms with Gasteiger partial charge in [-0.1, -0.05) is 65.2 Å². The highest BCUT2D eigenvalue weighted by molar-refractivity contribution is 6.58. The van der Waals surface area contributed by atoms with E-state index < -0.39 is 88.3 Å². The Hall–Kier alpha value is -5.42. The van der Waals surface area contributed by atoms with E-state index in [2.05, 4.69) is 10.4 Å². The number of aromatic hydroxyl groups is 1. The summed E-state index contributed by atoms with van der Waals surface area (Å²) in [5.41, 5.74) is 1.15. The van der Waals surface area contributed by atoms with Crippen LogP contribution in [0.2, 0.25) is 10.0 Å². The summed E-state index contributed by atoms with van der Waals surface area (Å²) in [6.07, 6.45) is -2.51. The quantitative estimate of drug-likeness (QED) is 0.103. The van der Waals surface area contributed by atoms with Gasteiger partial charge in [-0.25, -0.2) is 4.98 Å². The number of rotatable bonds is 8. The normalized spacial score (nSPS) is 25.3. The number of amides is 4. The summed E-state index contributed by atoms with van der Waals surface area (Å²) < 4.78 is 46.3. The molecule has 6 unspecified atom stereocenters. The van der Waals surface area contributed by atoms with Gasteiger partial charge in [-0.3, -0.25) is 29.5 Å². The molecule has 58 heavy (non-hydrogen) atoms. The molecular formula is C40H32BCl2F3N4O8. The van der Waals surface area contributed by atoms with Gasteiger partial charge in [0.05, 0.1) is 46.0 Å². The number of imide groups is 2. The predicted octanol–water partition coefficient (Wildman–Crippen LogP) is 5.38. The smallest absolute Gasteiger partial charge is 0.488 e.